The number of fused-ring (bicyclic) bond motifs is 1. The minimum Gasteiger partial charge on any atom is -0.300 e. The molecular formula is C15H18N4O2S2. The predicted octanol–water partition coefficient (Wildman–Crippen LogP) is 2.25. The number of aromatic nitrogens is 3. The number of thiazole rings is 1. The largest absolute Gasteiger partial charge is 0.300 e. The van der Waals surface area contributed by atoms with Crippen molar-refractivity contribution < 1.29 is 4.79 Å². The van der Waals surface area contributed by atoms with Crippen LogP contribution in [0.2, 0.25) is 0 Å². The summed E-state index contributed by atoms with van der Waals surface area (Å²) in [6, 6.07) is 1.44. The highest BCUT2D eigenvalue weighted by Gasteiger charge is 2.17. The van der Waals surface area contributed by atoms with Gasteiger partial charge in [-0.25, -0.2) is 9.97 Å². The van der Waals surface area contributed by atoms with Gasteiger partial charge in [0.05, 0.1) is 5.69 Å². The summed E-state index contributed by atoms with van der Waals surface area (Å²) in [5.41, 5.74) is 1.55. The van der Waals surface area contributed by atoms with Crippen LogP contribution in [0.15, 0.2) is 16.0 Å². The molecule has 0 atom stereocenters. The van der Waals surface area contributed by atoms with Crippen LogP contribution in [0.3, 0.4) is 0 Å². The second-order valence-corrected chi connectivity index (χ2v) is 7.31. The summed E-state index contributed by atoms with van der Waals surface area (Å²) in [7, 11) is 0. The zero-order valence-corrected chi connectivity index (χ0v) is 14.7. The van der Waals surface area contributed by atoms with Crippen molar-refractivity contribution >= 4 is 34.1 Å². The molecule has 122 valence electrons. The Hall–Kier alpha value is -1.67. The zero-order chi connectivity index (χ0) is 16.4. The fourth-order valence-electron chi connectivity index (χ4n) is 2.60. The molecule has 0 bridgehead atoms. The second kappa shape index (κ2) is 6.84. The molecule has 2 heterocycles. The van der Waals surface area contributed by atoms with Gasteiger partial charge >= 0.3 is 0 Å². The third-order valence-corrected chi connectivity index (χ3v) is 5.43. The lowest BCUT2D eigenvalue weighted by molar-refractivity contribution is -0.116. The number of rotatable bonds is 4. The van der Waals surface area contributed by atoms with E-state index in [0.717, 1.165) is 25.0 Å². The van der Waals surface area contributed by atoms with Gasteiger partial charge in [0.1, 0.15) is 6.54 Å². The predicted molar refractivity (Wildman–Crippen MR) is 92.4 cm³/mol. The topological polar surface area (TPSA) is 76.9 Å². The lowest BCUT2D eigenvalue weighted by Gasteiger charge is -2.10. The molecule has 2 aromatic heterocycles. The number of aryl methyl sites for hydroxylation is 3. The summed E-state index contributed by atoms with van der Waals surface area (Å²) in [4.78, 5) is 34.4. The molecule has 23 heavy (non-hydrogen) atoms. The van der Waals surface area contributed by atoms with E-state index in [1.165, 1.54) is 45.0 Å². The summed E-state index contributed by atoms with van der Waals surface area (Å²) < 4.78 is 1.39. The average molecular weight is 350 g/mol. The van der Waals surface area contributed by atoms with Gasteiger partial charge in [-0.05, 0) is 38.9 Å². The number of nitrogens with zero attached hydrogens (tertiary/aromatic N) is 3. The van der Waals surface area contributed by atoms with Crippen molar-refractivity contribution in [2.75, 3.05) is 11.6 Å². The van der Waals surface area contributed by atoms with Gasteiger partial charge in [0.15, 0.2) is 10.3 Å². The van der Waals surface area contributed by atoms with Crippen LogP contribution in [0.1, 0.15) is 29.1 Å². The van der Waals surface area contributed by atoms with Crippen LogP contribution in [-0.2, 0) is 24.2 Å². The maximum Gasteiger partial charge on any atom is 0.254 e. The van der Waals surface area contributed by atoms with Crippen molar-refractivity contribution in [3.8, 4) is 0 Å². The minimum absolute atomic E-state index is 0.0491. The van der Waals surface area contributed by atoms with E-state index in [2.05, 4.69) is 15.3 Å². The van der Waals surface area contributed by atoms with Gasteiger partial charge < -0.3 is 5.32 Å². The summed E-state index contributed by atoms with van der Waals surface area (Å²) in [6.45, 7) is 1.72. The Morgan fingerprint density at radius 2 is 2.17 bits per heavy atom. The van der Waals surface area contributed by atoms with E-state index in [4.69, 9.17) is 0 Å². The minimum atomic E-state index is -0.251. The van der Waals surface area contributed by atoms with Gasteiger partial charge in [-0.15, -0.1) is 11.3 Å². The van der Waals surface area contributed by atoms with E-state index < -0.39 is 0 Å². The molecule has 0 saturated carbocycles. The molecule has 0 aromatic carbocycles. The molecule has 1 amide bonds. The highest BCUT2D eigenvalue weighted by molar-refractivity contribution is 7.98. The van der Waals surface area contributed by atoms with E-state index >= 15 is 0 Å². The summed E-state index contributed by atoms with van der Waals surface area (Å²) >= 11 is 2.89. The molecule has 0 fully saturated rings. The molecular weight excluding hydrogens is 332 g/mol. The third kappa shape index (κ3) is 3.64. The number of hydrogen-bond donors (Lipinski definition) is 1. The van der Waals surface area contributed by atoms with Crippen LogP contribution in [0.25, 0.3) is 0 Å². The van der Waals surface area contributed by atoms with Crippen molar-refractivity contribution in [2.24, 2.45) is 0 Å². The Morgan fingerprint density at radius 3 is 2.91 bits per heavy atom. The van der Waals surface area contributed by atoms with Gasteiger partial charge in [-0.2, -0.15) is 0 Å². The first-order chi connectivity index (χ1) is 11.1. The van der Waals surface area contributed by atoms with Crippen molar-refractivity contribution in [1.29, 1.82) is 0 Å². The fraction of sp³-hybridized carbons (Fsp3) is 0.467. The molecule has 0 aliphatic heterocycles. The molecule has 0 radical (unpaired) electrons. The molecule has 1 N–H and O–H groups in total. The lowest BCUT2D eigenvalue weighted by atomic mass is 10.0. The van der Waals surface area contributed by atoms with Gasteiger partial charge in [0.25, 0.3) is 5.56 Å². The molecule has 0 unspecified atom stereocenters. The quantitative estimate of drug-likeness (QED) is 0.676. The molecule has 8 heteroatoms. The van der Waals surface area contributed by atoms with Crippen molar-refractivity contribution in [3.63, 3.8) is 0 Å². The van der Waals surface area contributed by atoms with E-state index in [0.29, 0.717) is 16.0 Å². The number of hydrogen-bond acceptors (Lipinski definition) is 6. The normalized spacial score (nSPS) is 13.7. The lowest BCUT2D eigenvalue weighted by Crippen LogP contribution is -2.29. The molecule has 1 aliphatic rings. The molecule has 1 aliphatic carbocycles. The highest BCUT2D eigenvalue weighted by atomic mass is 32.2. The van der Waals surface area contributed by atoms with Crippen molar-refractivity contribution in [2.45, 2.75) is 44.3 Å². The standard InChI is InChI=1S/C15H18N4O2S2/c1-9-7-13(21)19(15(16-9)22-2)8-12(20)18-14-17-10-5-3-4-6-11(10)23-14/h7H,3-6,8H2,1-2H3,(H,17,18,20). The number of carbonyl (C=O) groups excluding carboxylic acids is 1. The van der Waals surface area contributed by atoms with E-state index in [9.17, 15) is 9.59 Å². The van der Waals surface area contributed by atoms with Crippen LogP contribution in [-0.4, -0.2) is 26.7 Å². The second-order valence-electron chi connectivity index (χ2n) is 5.45. The molecule has 0 saturated heterocycles. The Bertz CT molecular complexity index is 774. The molecule has 3 rings (SSSR count). The molecule has 6 nitrogen and oxygen atoms in total. The Kier molecular flexibility index (Phi) is 4.82. The van der Waals surface area contributed by atoms with Gasteiger partial charge in [-0.1, -0.05) is 11.8 Å². The van der Waals surface area contributed by atoms with Crippen LogP contribution < -0.4 is 10.9 Å². The smallest absolute Gasteiger partial charge is 0.254 e. The summed E-state index contributed by atoms with van der Waals surface area (Å²) in [6.07, 6.45) is 6.21. The van der Waals surface area contributed by atoms with E-state index in [1.54, 1.807) is 6.92 Å². The maximum absolute atomic E-state index is 12.3. The van der Waals surface area contributed by atoms with Gasteiger partial charge in [-0.3, -0.25) is 14.2 Å². The number of amides is 1. The van der Waals surface area contributed by atoms with Gasteiger partial charge in [0.2, 0.25) is 5.91 Å². The van der Waals surface area contributed by atoms with E-state index in [-0.39, 0.29) is 18.0 Å². The Morgan fingerprint density at radius 1 is 1.39 bits per heavy atom. The fourth-order valence-corrected chi connectivity index (χ4v) is 4.28. The molecule has 2 aromatic rings. The number of thioether (sulfide) groups is 1. The monoisotopic (exact) mass is 350 g/mol. The summed E-state index contributed by atoms with van der Waals surface area (Å²) in [5.74, 6) is -0.251. The first-order valence-corrected chi connectivity index (χ1v) is 9.52. The number of carbonyl (C=O) groups is 1. The highest BCUT2D eigenvalue weighted by Crippen LogP contribution is 2.29. The van der Waals surface area contributed by atoms with Gasteiger partial charge in [0, 0.05) is 16.6 Å². The molecule has 0 spiro atoms. The average Bonchev–Trinajstić information content (AvgIpc) is 2.91. The third-order valence-electron chi connectivity index (χ3n) is 3.68. The SMILES string of the molecule is CSc1nc(C)cc(=O)n1CC(=O)Nc1nc2c(s1)CCCC2. The van der Waals surface area contributed by atoms with Crippen molar-refractivity contribution in [1.82, 2.24) is 14.5 Å². The van der Waals surface area contributed by atoms with Crippen molar-refractivity contribution in [3.05, 3.63) is 32.7 Å². The summed E-state index contributed by atoms with van der Waals surface area (Å²) in [5, 5.41) is 3.98. The zero-order valence-electron chi connectivity index (χ0n) is 13.1. The first kappa shape index (κ1) is 16.2. The first-order valence-electron chi connectivity index (χ1n) is 7.47. The van der Waals surface area contributed by atoms with Crippen LogP contribution in [0, 0.1) is 6.92 Å². The Balaban J connectivity index is 1.75. The number of anilines is 1. The number of nitrogens with one attached hydrogen (secondary N) is 1. The van der Waals surface area contributed by atoms with E-state index in [1.807, 2.05) is 6.26 Å². The Labute approximate surface area is 142 Å². The van der Waals surface area contributed by atoms with Crippen LogP contribution in [0.5, 0.6) is 0 Å². The van der Waals surface area contributed by atoms with Crippen LogP contribution >= 0.6 is 23.1 Å². The van der Waals surface area contributed by atoms with Crippen LogP contribution in [0.4, 0.5) is 5.13 Å². The maximum atomic E-state index is 12.3.